The third-order valence-electron chi connectivity index (χ3n) is 5.09. The van der Waals surface area contributed by atoms with E-state index < -0.39 is 0 Å². The average Bonchev–Trinajstić information content (AvgIpc) is 2.96. The van der Waals surface area contributed by atoms with Crippen molar-refractivity contribution in [2.75, 3.05) is 32.8 Å². The minimum absolute atomic E-state index is 0.147. The van der Waals surface area contributed by atoms with Crippen LogP contribution in [0, 0.1) is 17.8 Å². The Morgan fingerprint density at radius 2 is 2.30 bits per heavy atom. The molecule has 23 heavy (non-hydrogen) atoms. The molecule has 1 amide bonds. The molecule has 4 nitrogen and oxygen atoms in total. The Kier molecular flexibility index (Phi) is 5.86. The third-order valence-corrected chi connectivity index (χ3v) is 5.82. The molecule has 3 rings (SSSR count). The standard InChI is InChI=1S/C18H26N2O2S/c1-2-8-22-12-15-10-19-18(21)17-4-7-20(6-3-16(15)17)11-14-5-9-23-13-14/h2,5,9,13,15-17H,1,3-4,6-8,10-12H2,(H,19,21)/t15-,16-,17-/m1/s1. The van der Waals surface area contributed by atoms with Gasteiger partial charge in [-0.15, -0.1) is 6.58 Å². The Balaban J connectivity index is 1.61. The first kappa shape index (κ1) is 16.7. The Hall–Kier alpha value is -1.17. The van der Waals surface area contributed by atoms with Gasteiger partial charge >= 0.3 is 0 Å². The van der Waals surface area contributed by atoms with Gasteiger partial charge in [0.15, 0.2) is 0 Å². The molecular formula is C18H26N2O2S. The van der Waals surface area contributed by atoms with Gasteiger partial charge in [-0.25, -0.2) is 0 Å². The zero-order chi connectivity index (χ0) is 16.1. The topological polar surface area (TPSA) is 41.6 Å². The molecule has 2 fully saturated rings. The monoisotopic (exact) mass is 334 g/mol. The predicted molar refractivity (Wildman–Crippen MR) is 93.3 cm³/mol. The van der Waals surface area contributed by atoms with Crippen molar-refractivity contribution >= 4 is 17.2 Å². The van der Waals surface area contributed by atoms with Crippen molar-refractivity contribution in [2.24, 2.45) is 17.8 Å². The molecule has 2 saturated heterocycles. The SMILES string of the molecule is C=CCOC[C@H]1CNC(=O)[C@@H]2CCN(Cc3ccsc3)CC[C@H]12. The first-order valence-electron chi connectivity index (χ1n) is 8.47. The van der Waals surface area contributed by atoms with E-state index in [1.165, 1.54) is 5.56 Å². The highest BCUT2D eigenvalue weighted by Crippen LogP contribution is 2.34. The molecule has 2 aliphatic heterocycles. The quantitative estimate of drug-likeness (QED) is 0.642. The van der Waals surface area contributed by atoms with Crippen LogP contribution in [0.15, 0.2) is 29.5 Å². The van der Waals surface area contributed by atoms with Crippen molar-refractivity contribution in [3.63, 3.8) is 0 Å². The van der Waals surface area contributed by atoms with Crippen LogP contribution >= 0.6 is 11.3 Å². The van der Waals surface area contributed by atoms with Crippen molar-refractivity contribution in [3.05, 3.63) is 35.0 Å². The van der Waals surface area contributed by atoms with E-state index in [2.05, 4.69) is 33.6 Å². The van der Waals surface area contributed by atoms with E-state index in [1.807, 2.05) is 0 Å². The summed E-state index contributed by atoms with van der Waals surface area (Å²) in [6.45, 7) is 8.84. The van der Waals surface area contributed by atoms with Crippen LogP contribution in [-0.2, 0) is 16.1 Å². The zero-order valence-corrected chi connectivity index (χ0v) is 14.4. The second kappa shape index (κ2) is 8.08. The molecule has 0 unspecified atom stereocenters. The molecule has 1 aromatic heterocycles. The fourth-order valence-corrected chi connectivity index (χ4v) is 4.53. The van der Waals surface area contributed by atoms with E-state index in [0.29, 0.717) is 18.4 Å². The molecule has 2 aliphatic rings. The maximum Gasteiger partial charge on any atom is 0.223 e. The second-order valence-corrected chi connectivity index (χ2v) is 7.37. The zero-order valence-electron chi connectivity index (χ0n) is 13.6. The minimum Gasteiger partial charge on any atom is -0.377 e. The lowest BCUT2D eigenvalue weighted by Gasteiger charge is -2.36. The van der Waals surface area contributed by atoms with Gasteiger partial charge in [-0.05, 0) is 54.2 Å². The van der Waals surface area contributed by atoms with E-state index in [1.54, 1.807) is 17.4 Å². The fraction of sp³-hybridized carbons (Fsp3) is 0.611. The number of rotatable bonds is 6. The molecule has 1 aromatic rings. The summed E-state index contributed by atoms with van der Waals surface area (Å²) >= 11 is 1.75. The van der Waals surface area contributed by atoms with E-state index in [0.717, 1.165) is 45.6 Å². The lowest BCUT2D eigenvalue weighted by molar-refractivity contribution is -0.131. The lowest BCUT2D eigenvalue weighted by Crippen LogP contribution is -2.49. The van der Waals surface area contributed by atoms with E-state index in [-0.39, 0.29) is 11.8 Å². The van der Waals surface area contributed by atoms with Gasteiger partial charge < -0.3 is 10.1 Å². The van der Waals surface area contributed by atoms with Crippen LogP contribution in [0.5, 0.6) is 0 Å². The third kappa shape index (κ3) is 4.22. The molecule has 1 N–H and O–H groups in total. The molecule has 0 spiro atoms. The van der Waals surface area contributed by atoms with Gasteiger partial charge in [0.05, 0.1) is 13.2 Å². The van der Waals surface area contributed by atoms with Gasteiger partial charge in [-0.2, -0.15) is 11.3 Å². The van der Waals surface area contributed by atoms with Gasteiger partial charge in [0.25, 0.3) is 0 Å². The largest absolute Gasteiger partial charge is 0.377 e. The van der Waals surface area contributed by atoms with Crippen molar-refractivity contribution < 1.29 is 9.53 Å². The number of hydrogen-bond acceptors (Lipinski definition) is 4. The van der Waals surface area contributed by atoms with Crippen LogP contribution in [0.3, 0.4) is 0 Å². The Morgan fingerprint density at radius 1 is 1.43 bits per heavy atom. The summed E-state index contributed by atoms with van der Waals surface area (Å²) in [7, 11) is 0. The second-order valence-electron chi connectivity index (χ2n) is 6.59. The average molecular weight is 334 g/mol. The smallest absolute Gasteiger partial charge is 0.223 e. The Bertz CT molecular complexity index is 517. The predicted octanol–water partition coefficient (Wildman–Crippen LogP) is 2.52. The summed E-state index contributed by atoms with van der Waals surface area (Å²) in [4.78, 5) is 14.8. The first-order valence-corrected chi connectivity index (χ1v) is 9.42. The highest BCUT2D eigenvalue weighted by Gasteiger charge is 2.40. The number of carbonyl (C=O) groups is 1. The highest BCUT2D eigenvalue weighted by molar-refractivity contribution is 7.07. The van der Waals surface area contributed by atoms with Crippen molar-refractivity contribution in [2.45, 2.75) is 19.4 Å². The summed E-state index contributed by atoms with van der Waals surface area (Å²) in [6.07, 6.45) is 3.83. The lowest BCUT2D eigenvalue weighted by atomic mass is 9.75. The molecule has 3 atom stereocenters. The fourth-order valence-electron chi connectivity index (χ4n) is 3.87. The van der Waals surface area contributed by atoms with Crippen LogP contribution in [0.1, 0.15) is 18.4 Å². The number of thiophene rings is 1. The van der Waals surface area contributed by atoms with Gasteiger partial charge in [-0.1, -0.05) is 6.08 Å². The summed E-state index contributed by atoms with van der Waals surface area (Å²) in [5.74, 6) is 1.26. The van der Waals surface area contributed by atoms with Gasteiger partial charge in [0, 0.05) is 24.9 Å². The van der Waals surface area contributed by atoms with E-state index in [9.17, 15) is 4.79 Å². The van der Waals surface area contributed by atoms with Crippen molar-refractivity contribution in [3.8, 4) is 0 Å². The molecule has 0 saturated carbocycles. The minimum atomic E-state index is 0.147. The highest BCUT2D eigenvalue weighted by atomic mass is 32.1. The maximum atomic E-state index is 12.3. The van der Waals surface area contributed by atoms with Crippen LogP contribution < -0.4 is 5.32 Å². The Morgan fingerprint density at radius 3 is 3.09 bits per heavy atom. The molecule has 5 heteroatoms. The van der Waals surface area contributed by atoms with Crippen LogP contribution in [0.2, 0.25) is 0 Å². The van der Waals surface area contributed by atoms with Gasteiger partial charge in [-0.3, -0.25) is 9.69 Å². The molecule has 0 aromatic carbocycles. The first-order chi connectivity index (χ1) is 11.3. The van der Waals surface area contributed by atoms with Gasteiger partial charge in [0.1, 0.15) is 0 Å². The summed E-state index contributed by atoms with van der Waals surface area (Å²) in [6, 6.07) is 2.20. The molecule has 0 radical (unpaired) electrons. The number of amides is 1. The van der Waals surface area contributed by atoms with Crippen molar-refractivity contribution in [1.29, 1.82) is 0 Å². The normalized spacial score (nSPS) is 28.7. The molecular weight excluding hydrogens is 308 g/mol. The number of hydrogen-bond donors (Lipinski definition) is 1. The number of likely N-dealkylation sites (tertiary alicyclic amines) is 1. The summed E-state index contributed by atoms with van der Waals surface area (Å²) in [5, 5.41) is 7.44. The van der Waals surface area contributed by atoms with Crippen LogP contribution in [-0.4, -0.2) is 43.7 Å². The number of carbonyl (C=O) groups excluding carboxylic acids is 1. The van der Waals surface area contributed by atoms with Crippen LogP contribution in [0.25, 0.3) is 0 Å². The van der Waals surface area contributed by atoms with Crippen molar-refractivity contribution in [1.82, 2.24) is 10.2 Å². The Labute approximate surface area is 142 Å². The maximum absolute atomic E-state index is 12.3. The molecule has 3 heterocycles. The van der Waals surface area contributed by atoms with E-state index in [4.69, 9.17) is 4.74 Å². The molecule has 0 bridgehead atoms. The summed E-state index contributed by atoms with van der Waals surface area (Å²) in [5.41, 5.74) is 1.38. The van der Waals surface area contributed by atoms with Gasteiger partial charge in [0.2, 0.25) is 5.91 Å². The number of piperidine rings is 1. The van der Waals surface area contributed by atoms with E-state index >= 15 is 0 Å². The summed E-state index contributed by atoms with van der Waals surface area (Å²) < 4.78 is 5.68. The number of ether oxygens (including phenoxy) is 1. The number of nitrogens with one attached hydrogen (secondary N) is 1. The number of fused-ring (bicyclic) bond motifs is 1. The molecule has 0 aliphatic carbocycles. The number of nitrogens with zero attached hydrogens (tertiary/aromatic N) is 1. The van der Waals surface area contributed by atoms with Crippen LogP contribution in [0.4, 0.5) is 0 Å². The molecule has 126 valence electrons.